The number of nitrogens with one attached hydrogen (secondary N) is 1. The molecule has 136 valence electrons. The maximum Gasteiger partial charge on any atom is 0.271 e. The average molecular weight is 354 g/mol. The van der Waals surface area contributed by atoms with Crippen molar-refractivity contribution in [2.24, 2.45) is 0 Å². The Morgan fingerprint density at radius 2 is 2.08 bits per heavy atom. The Bertz CT molecular complexity index is 881. The van der Waals surface area contributed by atoms with E-state index in [9.17, 15) is 4.79 Å². The number of carbonyl (C=O) groups is 1. The highest BCUT2D eigenvalue weighted by atomic mass is 16.5. The van der Waals surface area contributed by atoms with E-state index in [2.05, 4.69) is 25.4 Å². The summed E-state index contributed by atoms with van der Waals surface area (Å²) in [6, 6.07) is 3.76. The van der Waals surface area contributed by atoms with Crippen LogP contribution in [0.5, 0.6) is 0 Å². The summed E-state index contributed by atoms with van der Waals surface area (Å²) < 4.78 is 6.96. The van der Waals surface area contributed by atoms with Crippen LogP contribution in [0.15, 0.2) is 35.4 Å². The zero-order chi connectivity index (χ0) is 18.7. The topological polar surface area (TPSA) is 98.7 Å². The van der Waals surface area contributed by atoms with Gasteiger partial charge in [0.1, 0.15) is 17.8 Å². The fourth-order valence-electron chi connectivity index (χ4n) is 2.22. The van der Waals surface area contributed by atoms with Crippen LogP contribution < -0.4 is 5.32 Å². The van der Waals surface area contributed by atoms with Crippen molar-refractivity contribution in [2.75, 3.05) is 0 Å². The lowest BCUT2D eigenvalue weighted by molar-refractivity contribution is 0.0934. The molecule has 0 saturated heterocycles. The van der Waals surface area contributed by atoms with Crippen LogP contribution >= 0.6 is 0 Å². The number of amides is 1. The maximum atomic E-state index is 12.1. The van der Waals surface area contributed by atoms with E-state index in [-0.39, 0.29) is 17.9 Å². The molecule has 0 saturated carbocycles. The number of hydrogen-bond donors (Lipinski definition) is 1. The van der Waals surface area contributed by atoms with E-state index in [1.165, 1.54) is 0 Å². The second-order valence-corrected chi connectivity index (χ2v) is 6.47. The predicted molar refractivity (Wildman–Crippen MR) is 96.0 cm³/mol. The van der Waals surface area contributed by atoms with E-state index in [1.54, 1.807) is 23.3 Å². The number of pyridine rings is 1. The summed E-state index contributed by atoms with van der Waals surface area (Å²) in [6.45, 7) is 7.98. The smallest absolute Gasteiger partial charge is 0.271 e. The molecule has 0 radical (unpaired) electrons. The first-order valence-corrected chi connectivity index (χ1v) is 8.63. The number of aromatic nitrogens is 5. The van der Waals surface area contributed by atoms with Gasteiger partial charge in [-0.25, -0.2) is 9.97 Å². The molecule has 1 atom stereocenters. The van der Waals surface area contributed by atoms with Gasteiger partial charge >= 0.3 is 0 Å². The van der Waals surface area contributed by atoms with Gasteiger partial charge in [-0.05, 0) is 25.5 Å². The monoisotopic (exact) mass is 354 g/mol. The minimum atomic E-state index is -0.193. The fourth-order valence-corrected chi connectivity index (χ4v) is 2.22. The highest BCUT2D eigenvalue weighted by molar-refractivity contribution is 5.92. The molecule has 0 fully saturated rings. The van der Waals surface area contributed by atoms with E-state index in [4.69, 9.17) is 4.52 Å². The van der Waals surface area contributed by atoms with Gasteiger partial charge in [-0.1, -0.05) is 25.9 Å². The summed E-state index contributed by atoms with van der Waals surface area (Å²) in [5.41, 5.74) is 1.10. The normalized spacial score (nSPS) is 12.3. The molecule has 3 aromatic rings. The second-order valence-electron chi connectivity index (χ2n) is 6.47. The van der Waals surface area contributed by atoms with Crippen molar-refractivity contribution < 1.29 is 9.32 Å². The molecule has 3 heterocycles. The number of imidazole rings is 1. The van der Waals surface area contributed by atoms with Crippen LogP contribution in [0.3, 0.4) is 0 Å². The highest BCUT2D eigenvalue weighted by Gasteiger charge is 2.14. The maximum absolute atomic E-state index is 12.1. The minimum absolute atomic E-state index is 0.107. The third-order valence-corrected chi connectivity index (χ3v) is 4.02. The highest BCUT2D eigenvalue weighted by Crippen LogP contribution is 2.20. The number of rotatable bonds is 6. The van der Waals surface area contributed by atoms with E-state index in [1.807, 2.05) is 39.8 Å². The molecule has 3 rings (SSSR count). The molecule has 8 nitrogen and oxygen atoms in total. The Labute approximate surface area is 151 Å². The standard InChI is InChI=1S/C18H22N6O2/c1-5-12(4)21-17(25)14-9-24(10-20-14)15-7-6-13(8-19-15)18-22-16(11(2)3)23-26-18/h6-12H,5H2,1-4H3,(H,21,25)/t12-/m1/s1. The lowest BCUT2D eigenvalue weighted by atomic mass is 10.2. The van der Waals surface area contributed by atoms with Gasteiger partial charge in [-0.15, -0.1) is 0 Å². The molecule has 1 amide bonds. The minimum Gasteiger partial charge on any atom is -0.348 e. The third-order valence-electron chi connectivity index (χ3n) is 4.02. The summed E-state index contributed by atoms with van der Waals surface area (Å²) in [5, 5.41) is 6.84. The molecule has 8 heteroatoms. The summed E-state index contributed by atoms with van der Waals surface area (Å²) in [6.07, 6.45) is 5.75. The first kappa shape index (κ1) is 17.8. The summed E-state index contributed by atoms with van der Waals surface area (Å²) in [5.74, 6) is 1.75. The largest absolute Gasteiger partial charge is 0.348 e. The van der Waals surface area contributed by atoms with Crippen molar-refractivity contribution >= 4 is 5.91 Å². The van der Waals surface area contributed by atoms with E-state index in [0.717, 1.165) is 12.0 Å². The van der Waals surface area contributed by atoms with Crippen molar-refractivity contribution in [3.8, 4) is 17.3 Å². The van der Waals surface area contributed by atoms with Crippen molar-refractivity contribution in [3.05, 3.63) is 42.4 Å². The zero-order valence-corrected chi connectivity index (χ0v) is 15.3. The Morgan fingerprint density at radius 1 is 1.27 bits per heavy atom. The van der Waals surface area contributed by atoms with Gasteiger partial charge in [0, 0.05) is 24.4 Å². The number of nitrogens with zero attached hydrogens (tertiary/aromatic N) is 5. The van der Waals surface area contributed by atoms with Crippen LogP contribution in [0, 0.1) is 0 Å². The molecule has 1 N–H and O–H groups in total. The van der Waals surface area contributed by atoms with Crippen molar-refractivity contribution in [2.45, 2.75) is 46.1 Å². The van der Waals surface area contributed by atoms with E-state index in [0.29, 0.717) is 23.2 Å². The van der Waals surface area contributed by atoms with Crippen LogP contribution in [0.25, 0.3) is 17.3 Å². The van der Waals surface area contributed by atoms with Crippen LogP contribution in [0.1, 0.15) is 56.3 Å². The van der Waals surface area contributed by atoms with Crippen molar-refractivity contribution in [3.63, 3.8) is 0 Å². The zero-order valence-electron chi connectivity index (χ0n) is 15.3. The molecule has 0 aliphatic carbocycles. The van der Waals surface area contributed by atoms with Crippen molar-refractivity contribution in [1.29, 1.82) is 0 Å². The molecular weight excluding hydrogens is 332 g/mol. The quantitative estimate of drug-likeness (QED) is 0.731. The number of carbonyl (C=O) groups excluding carboxylic acids is 1. The number of hydrogen-bond acceptors (Lipinski definition) is 6. The fraction of sp³-hybridized carbons (Fsp3) is 0.389. The molecule has 0 bridgehead atoms. The molecule has 0 aliphatic heterocycles. The first-order valence-electron chi connectivity index (χ1n) is 8.63. The Hall–Kier alpha value is -3.03. The van der Waals surface area contributed by atoms with Gasteiger partial charge in [0.15, 0.2) is 5.82 Å². The van der Waals surface area contributed by atoms with Crippen LogP contribution in [0.2, 0.25) is 0 Å². The molecule has 26 heavy (non-hydrogen) atoms. The summed E-state index contributed by atoms with van der Waals surface area (Å²) in [7, 11) is 0. The Kier molecular flexibility index (Phi) is 5.11. The van der Waals surface area contributed by atoms with E-state index < -0.39 is 0 Å². The van der Waals surface area contributed by atoms with Crippen LogP contribution in [0.4, 0.5) is 0 Å². The molecule has 0 spiro atoms. The molecule has 3 aromatic heterocycles. The molecule has 0 aromatic carbocycles. The van der Waals surface area contributed by atoms with Gasteiger partial charge in [-0.2, -0.15) is 4.98 Å². The van der Waals surface area contributed by atoms with Gasteiger partial charge in [0.05, 0.1) is 5.56 Å². The SMILES string of the molecule is CC[C@@H](C)NC(=O)c1cn(-c2ccc(-c3nc(C(C)C)no3)cn2)cn1. The van der Waals surface area contributed by atoms with Gasteiger partial charge in [0.2, 0.25) is 0 Å². The summed E-state index contributed by atoms with van der Waals surface area (Å²) >= 11 is 0. The third kappa shape index (κ3) is 3.79. The molecule has 0 unspecified atom stereocenters. The van der Waals surface area contributed by atoms with Crippen LogP contribution in [-0.2, 0) is 0 Å². The van der Waals surface area contributed by atoms with Crippen molar-refractivity contribution in [1.82, 2.24) is 30.0 Å². The second kappa shape index (κ2) is 7.47. The first-order chi connectivity index (χ1) is 12.5. The van der Waals surface area contributed by atoms with Crippen LogP contribution in [-0.4, -0.2) is 36.6 Å². The summed E-state index contributed by atoms with van der Waals surface area (Å²) in [4.78, 5) is 25.0. The van der Waals surface area contributed by atoms with Gasteiger partial charge in [-0.3, -0.25) is 9.36 Å². The van der Waals surface area contributed by atoms with E-state index >= 15 is 0 Å². The molecular formula is C18H22N6O2. The Balaban J connectivity index is 1.75. The predicted octanol–water partition coefficient (Wildman–Crippen LogP) is 2.97. The van der Waals surface area contributed by atoms with Gasteiger partial charge < -0.3 is 9.84 Å². The van der Waals surface area contributed by atoms with Gasteiger partial charge in [0.25, 0.3) is 11.8 Å². The lowest BCUT2D eigenvalue weighted by Gasteiger charge is -2.09. The lowest BCUT2D eigenvalue weighted by Crippen LogP contribution is -2.32. The Morgan fingerprint density at radius 3 is 2.69 bits per heavy atom. The average Bonchev–Trinajstić information content (AvgIpc) is 3.31. The molecule has 0 aliphatic rings.